The summed E-state index contributed by atoms with van der Waals surface area (Å²) < 4.78 is 6.78. The number of aromatic nitrogens is 2. The SMILES string of the molecule is CN=C(NCc1ccccc1Cn1cccn1)N1CCC(C(=O)OC)CC1.I. The lowest BCUT2D eigenvalue weighted by molar-refractivity contribution is -0.146. The first-order valence-corrected chi connectivity index (χ1v) is 9.29. The monoisotopic (exact) mass is 497 g/mol. The molecule has 1 aliphatic rings. The maximum Gasteiger partial charge on any atom is 0.308 e. The van der Waals surface area contributed by atoms with Crippen LogP contribution in [0.5, 0.6) is 0 Å². The van der Waals surface area contributed by atoms with E-state index >= 15 is 0 Å². The topological polar surface area (TPSA) is 71.8 Å². The van der Waals surface area contributed by atoms with Crippen LogP contribution >= 0.6 is 24.0 Å². The van der Waals surface area contributed by atoms with Crippen LogP contribution in [0.15, 0.2) is 47.7 Å². The Hall–Kier alpha value is -2.10. The van der Waals surface area contributed by atoms with Crippen LogP contribution in [-0.2, 0) is 22.6 Å². The van der Waals surface area contributed by atoms with Gasteiger partial charge in [0, 0.05) is 39.1 Å². The Labute approximate surface area is 183 Å². The Morgan fingerprint density at radius 3 is 2.57 bits per heavy atom. The molecule has 0 saturated carbocycles. The Morgan fingerprint density at radius 2 is 1.96 bits per heavy atom. The van der Waals surface area contributed by atoms with E-state index in [0.29, 0.717) is 6.54 Å². The van der Waals surface area contributed by atoms with E-state index in [2.05, 4.69) is 38.5 Å². The van der Waals surface area contributed by atoms with E-state index in [0.717, 1.165) is 38.4 Å². The molecule has 2 heterocycles. The number of hydrogen-bond donors (Lipinski definition) is 1. The van der Waals surface area contributed by atoms with Gasteiger partial charge in [-0.1, -0.05) is 24.3 Å². The largest absolute Gasteiger partial charge is 0.469 e. The van der Waals surface area contributed by atoms with Crippen molar-refractivity contribution in [1.82, 2.24) is 20.0 Å². The number of methoxy groups -OCH3 is 1. The summed E-state index contributed by atoms with van der Waals surface area (Å²) in [6.07, 6.45) is 5.35. The van der Waals surface area contributed by atoms with Gasteiger partial charge in [0.15, 0.2) is 5.96 Å². The maximum absolute atomic E-state index is 11.7. The lowest BCUT2D eigenvalue weighted by Crippen LogP contribution is -2.46. The molecular weight excluding hydrogens is 469 g/mol. The molecule has 1 aromatic carbocycles. The first-order chi connectivity index (χ1) is 13.2. The minimum absolute atomic E-state index is 0. The summed E-state index contributed by atoms with van der Waals surface area (Å²) in [5.74, 6) is 0.761. The third kappa shape index (κ3) is 5.70. The molecule has 2 aromatic rings. The van der Waals surface area contributed by atoms with Gasteiger partial charge in [0.1, 0.15) is 0 Å². The summed E-state index contributed by atoms with van der Waals surface area (Å²) >= 11 is 0. The molecule has 0 atom stereocenters. The van der Waals surface area contributed by atoms with E-state index in [9.17, 15) is 4.79 Å². The van der Waals surface area contributed by atoms with Gasteiger partial charge in [-0.25, -0.2) is 0 Å². The Bertz CT molecular complexity index is 771. The number of rotatable bonds is 5. The number of esters is 1. The molecule has 7 nitrogen and oxygen atoms in total. The number of nitrogens with zero attached hydrogens (tertiary/aromatic N) is 4. The van der Waals surface area contributed by atoms with Crippen molar-refractivity contribution in [2.75, 3.05) is 27.2 Å². The van der Waals surface area contributed by atoms with Gasteiger partial charge >= 0.3 is 5.97 Å². The lowest BCUT2D eigenvalue weighted by Gasteiger charge is -2.33. The summed E-state index contributed by atoms with van der Waals surface area (Å²) in [6, 6.07) is 10.3. The van der Waals surface area contributed by atoms with Crippen LogP contribution in [0.25, 0.3) is 0 Å². The van der Waals surface area contributed by atoms with Crippen LogP contribution in [0.4, 0.5) is 0 Å². The predicted octanol–water partition coefficient (Wildman–Crippen LogP) is 2.51. The van der Waals surface area contributed by atoms with Crippen molar-refractivity contribution in [1.29, 1.82) is 0 Å². The van der Waals surface area contributed by atoms with Crippen molar-refractivity contribution in [3.05, 3.63) is 53.9 Å². The maximum atomic E-state index is 11.7. The van der Waals surface area contributed by atoms with Gasteiger partial charge in [0.05, 0.1) is 19.6 Å². The zero-order chi connectivity index (χ0) is 19.1. The summed E-state index contributed by atoms with van der Waals surface area (Å²) in [7, 11) is 3.25. The van der Waals surface area contributed by atoms with E-state index in [-0.39, 0.29) is 35.9 Å². The van der Waals surface area contributed by atoms with Gasteiger partial charge in [0.2, 0.25) is 0 Å². The Kier molecular flexibility index (Phi) is 8.75. The summed E-state index contributed by atoms with van der Waals surface area (Å²) in [4.78, 5) is 18.3. The second kappa shape index (κ2) is 11.0. The Balaban J connectivity index is 0.00000280. The second-order valence-electron chi connectivity index (χ2n) is 6.66. The van der Waals surface area contributed by atoms with Crippen LogP contribution in [0.1, 0.15) is 24.0 Å². The number of hydrogen-bond acceptors (Lipinski definition) is 4. The molecule has 152 valence electrons. The van der Waals surface area contributed by atoms with Gasteiger partial charge in [-0.15, -0.1) is 24.0 Å². The molecule has 8 heteroatoms. The van der Waals surface area contributed by atoms with E-state index in [4.69, 9.17) is 4.74 Å². The van der Waals surface area contributed by atoms with Crippen LogP contribution in [0, 0.1) is 5.92 Å². The van der Waals surface area contributed by atoms with Crippen molar-refractivity contribution in [2.24, 2.45) is 10.9 Å². The first-order valence-electron chi connectivity index (χ1n) is 9.29. The fourth-order valence-corrected chi connectivity index (χ4v) is 3.45. The van der Waals surface area contributed by atoms with E-state index in [1.807, 2.05) is 23.0 Å². The normalized spacial score (nSPS) is 15.1. The van der Waals surface area contributed by atoms with Gasteiger partial charge in [-0.3, -0.25) is 14.5 Å². The molecule has 0 amide bonds. The number of ether oxygens (including phenoxy) is 1. The number of guanidine groups is 1. The highest BCUT2D eigenvalue weighted by molar-refractivity contribution is 14.0. The smallest absolute Gasteiger partial charge is 0.308 e. The lowest BCUT2D eigenvalue weighted by atomic mass is 9.97. The average Bonchev–Trinajstić information content (AvgIpc) is 3.22. The van der Waals surface area contributed by atoms with Crippen molar-refractivity contribution in [3.8, 4) is 0 Å². The molecule has 28 heavy (non-hydrogen) atoms. The molecule has 0 spiro atoms. The Morgan fingerprint density at radius 1 is 1.25 bits per heavy atom. The molecule has 0 radical (unpaired) electrons. The van der Waals surface area contributed by atoms with Crippen LogP contribution in [-0.4, -0.2) is 53.9 Å². The summed E-state index contributed by atoms with van der Waals surface area (Å²) in [5, 5.41) is 7.76. The molecule has 1 aliphatic heterocycles. The summed E-state index contributed by atoms with van der Waals surface area (Å²) in [6.45, 7) is 3.04. The molecule has 0 unspecified atom stereocenters. The highest BCUT2D eigenvalue weighted by atomic mass is 127. The third-order valence-electron chi connectivity index (χ3n) is 4.99. The molecule has 1 N–H and O–H groups in total. The van der Waals surface area contributed by atoms with E-state index in [1.165, 1.54) is 18.2 Å². The third-order valence-corrected chi connectivity index (χ3v) is 4.99. The zero-order valence-electron chi connectivity index (χ0n) is 16.4. The van der Waals surface area contributed by atoms with E-state index in [1.54, 1.807) is 13.2 Å². The highest BCUT2D eigenvalue weighted by Crippen LogP contribution is 2.18. The number of aliphatic imine (C=N–C) groups is 1. The van der Waals surface area contributed by atoms with Crippen molar-refractivity contribution in [2.45, 2.75) is 25.9 Å². The predicted molar refractivity (Wildman–Crippen MR) is 120 cm³/mol. The number of halogens is 1. The molecule has 0 aliphatic carbocycles. The number of nitrogens with one attached hydrogen (secondary N) is 1. The number of benzene rings is 1. The molecular formula is C20H28IN5O2. The molecule has 3 rings (SSSR count). The summed E-state index contributed by atoms with van der Waals surface area (Å²) in [5.41, 5.74) is 2.45. The van der Waals surface area contributed by atoms with Crippen LogP contribution < -0.4 is 5.32 Å². The van der Waals surface area contributed by atoms with Crippen LogP contribution in [0.2, 0.25) is 0 Å². The van der Waals surface area contributed by atoms with Gasteiger partial charge < -0.3 is 15.0 Å². The minimum Gasteiger partial charge on any atom is -0.469 e. The number of carbonyl (C=O) groups excluding carboxylic acids is 1. The number of likely N-dealkylation sites (tertiary alicyclic amines) is 1. The molecule has 1 saturated heterocycles. The number of carbonyl (C=O) groups is 1. The second-order valence-corrected chi connectivity index (χ2v) is 6.66. The highest BCUT2D eigenvalue weighted by Gasteiger charge is 2.26. The first kappa shape index (κ1) is 22.2. The van der Waals surface area contributed by atoms with Gasteiger partial charge in [-0.2, -0.15) is 5.10 Å². The van der Waals surface area contributed by atoms with Crippen molar-refractivity contribution in [3.63, 3.8) is 0 Å². The van der Waals surface area contributed by atoms with Crippen molar-refractivity contribution >= 4 is 35.9 Å². The average molecular weight is 497 g/mol. The quantitative estimate of drug-likeness (QED) is 0.298. The standard InChI is InChI=1S/C20H27N5O2.HI/c1-21-20(24-12-8-16(9-13-24)19(26)27-2)22-14-17-6-3-4-7-18(17)15-25-11-5-10-23-25;/h3-7,10-11,16H,8-9,12-15H2,1-2H3,(H,21,22);1H. The molecule has 0 bridgehead atoms. The molecule has 1 aromatic heterocycles. The fourth-order valence-electron chi connectivity index (χ4n) is 3.45. The zero-order valence-corrected chi connectivity index (χ0v) is 18.7. The van der Waals surface area contributed by atoms with Gasteiger partial charge in [0.25, 0.3) is 0 Å². The van der Waals surface area contributed by atoms with E-state index < -0.39 is 0 Å². The minimum atomic E-state index is -0.106. The van der Waals surface area contributed by atoms with Gasteiger partial charge in [-0.05, 0) is 30.0 Å². The molecule has 1 fully saturated rings. The fraction of sp³-hybridized carbons (Fsp3) is 0.450. The van der Waals surface area contributed by atoms with Crippen LogP contribution in [0.3, 0.4) is 0 Å². The number of piperidine rings is 1. The van der Waals surface area contributed by atoms with Crippen molar-refractivity contribution < 1.29 is 9.53 Å².